The summed E-state index contributed by atoms with van der Waals surface area (Å²) in [6, 6.07) is 6.73. The van der Waals surface area contributed by atoms with Crippen LogP contribution in [0.25, 0.3) is 0 Å². The van der Waals surface area contributed by atoms with Gasteiger partial charge in [-0.15, -0.1) is 0 Å². The number of rotatable bonds is 6. The van der Waals surface area contributed by atoms with Gasteiger partial charge in [0, 0.05) is 25.7 Å². The zero-order valence-electron chi connectivity index (χ0n) is 12.5. The summed E-state index contributed by atoms with van der Waals surface area (Å²) < 4.78 is 11.5. The number of hydrogen-bond donors (Lipinski definition) is 1. The molecular formula is C16H23ClN2O2. The summed E-state index contributed by atoms with van der Waals surface area (Å²) in [6.45, 7) is 4.08. The first-order valence-electron chi connectivity index (χ1n) is 7.65. The average Bonchev–Trinajstić information content (AvgIpc) is 3.28. The quantitative estimate of drug-likeness (QED) is 0.874. The van der Waals surface area contributed by atoms with E-state index in [0.29, 0.717) is 17.7 Å². The molecule has 1 aliphatic carbocycles. The first-order chi connectivity index (χ1) is 10.2. The van der Waals surface area contributed by atoms with Crippen LogP contribution in [-0.2, 0) is 11.3 Å². The van der Waals surface area contributed by atoms with E-state index in [9.17, 15) is 0 Å². The smallest absolute Gasteiger partial charge is 0.138 e. The van der Waals surface area contributed by atoms with E-state index >= 15 is 0 Å². The molecule has 0 aromatic heterocycles. The number of halogens is 1. The van der Waals surface area contributed by atoms with Crippen LogP contribution < -0.4 is 10.1 Å². The normalized spacial score (nSPS) is 23.2. The van der Waals surface area contributed by atoms with Crippen molar-refractivity contribution in [1.82, 2.24) is 10.2 Å². The predicted octanol–water partition coefficient (Wildman–Crippen LogP) is 2.30. The highest BCUT2D eigenvalue weighted by atomic mass is 35.5. The van der Waals surface area contributed by atoms with Crippen LogP contribution >= 0.6 is 11.6 Å². The number of nitrogens with zero attached hydrogens (tertiary/aromatic N) is 1. The molecule has 0 radical (unpaired) electrons. The second kappa shape index (κ2) is 6.97. The minimum atomic E-state index is 0.121. The van der Waals surface area contributed by atoms with Crippen molar-refractivity contribution in [3.05, 3.63) is 28.8 Å². The van der Waals surface area contributed by atoms with E-state index in [1.807, 2.05) is 12.1 Å². The van der Waals surface area contributed by atoms with Crippen molar-refractivity contribution in [3.63, 3.8) is 0 Å². The maximum Gasteiger partial charge on any atom is 0.138 e. The summed E-state index contributed by atoms with van der Waals surface area (Å²) >= 11 is 6.30. The Morgan fingerprint density at radius 1 is 1.43 bits per heavy atom. The standard InChI is InChI=1S/C16H23ClN2O2/c1-19-6-7-20-14(10-19)11-21-16-5-2-12(8-15(16)17)9-18-13-3-4-13/h2,5,8,13-14,18H,3-4,6-7,9-11H2,1H3. The summed E-state index contributed by atoms with van der Waals surface area (Å²) in [5.74, 6) is 0.740. The number of hydrogen-bond acceptors (Lipinski definition) is 4. The molecule has 0 bridgehead atoms. The Morgan fingerprint density at radius 3 is 3.00 bits per heavy atom. The zero-order chi connectivity index (χ0) is 14.7. The molecule has 4 nitrogen and oxygen atoms in total. The van der Waals surface area contributed by atoms with Crippen LogP contribution in [0.15, 0.2) is 18.2 Å². The summed E-state index contributed by atoms with van der Waals surface area (Å²) in [4.78, 5) is 2.26. The first-order valence-corrected chi connectivity index (χ1v) is 8.03. The second-order valence-corrected chi connectivity index (χ2v) is 6.39. The largest absolute Gasteiger partial charge is 0.489 e. The lowest BCUT2D eigenvalue weighted by atomic mass is 10.2. The van der Waals surface area contributed by atoms with E-state index in [1.165, 1.54) is 18.4 Å². The van der Waals surface area contributed by atoms with Gasteiger partial charge in [-0.1, -0.05) is 17.7 Å². The molecule has 3 rings (SSSR count). The molecular weight excluding hydrogens is 288 g/mol. The van der Waals surface area contributed by atoms with Crippen LogP contribution in [0.1, 0.15) is 18.4 Å². The maximum absolute atomic E-state index is 6.30. The van der Waals surface area contributed by atoms with Gasteiger partial charge in [-0.3, -0.25) is 0 Å². The van der Waals surface area contributed by atoms with Gasteiger partial charge in [-0.2, -0.15) is 0 Å². The Kier molecular flexibility index (Phi) is 5.01. The van der Waals surface area contributed by atoms with Crippen molar-refractivity contribution in [2.45, 2.75) is 31.5 Å². The van der Waals surface area contributed by atoms with Gasteiger partial charge in [0.15, 0.2) is 0 Å². The summed E-state index contributed by atoms with van der Waals surface area (Å²) in [5.41, 5.74) is 1.20. The molecule has 21 heavy (non-hydrogen) atoms. The molecule has 1 aromatic carbocycles. The van der Waals surface area contributed by atoms with E-state index in [2.05, 4.69) is 23.3 Å². The fourth-order valence-electron chi connectivity index (χ4n) is 2.47. The molecule has 1 saturated heterocycles. The summed E-state index contributed by atoms with van der Waals surface area (Å²) in [5, 5.41) is 4.16. The number of benzene rings is 1. The first kappa shape index (κ1) is 15.1. The third-order valence-electron chi connectivity index (χ3n) is 3.94. The number of ether oxygens (including phenoxy) is 2. The summed E-state index contributed by atoms with van der Waals surface area (Å²) in [7, 11) is 2.10. The minimum absolute atomic E-state index is 0.121. The molecule has 2 aliphatic rings. The van der Waals surface area contributed by atoms with Crippen LogP contribution in [0, 0.1) is 0 Å². The highest BCUT2D eigenvalue weighted by Crippen LogP contribution is 2.26. The molecule has 116 valence electrons. The Hall–Kier alpha value is -0.810. The molecule has 2 fully saturated rings. The lowest BCUT2D eigenvalue weighted by Gasteiger charge is -2.29. The number of morpholine rings is 1. The van der Waals surface area contributed by atoms with E-state index in [1.54, 1.807) is 0 Å². The Morgan fingerprint density at radius 2 is 2.29 bits per heavy atom. The maximum atomic E-state index is 6.30. The lowest BCUT2D eigenvalue weighted by molar-refractivity contribution is -0.0403. The van der Waals surface area contributed by atoms with Crippen LogP contribution in [0.3, 0.4) is 0 Å². The molecule has 5 heteroatoms. The van der Waals surface area contributed by atoms with E-state index < -0.39 is 0 Å². The Balaban J connectivity index is 1.50. The molecule has 1 aromatic rings. The number of likely N-dealkylation sites (N-methyl/N-ethyl adjacent to an activating group) is 1. The molecule has 1 N–H and O–H groups in total. The van der Waals surface area contributed by atoms with Gasteiger partial charge in [0.05, 0.1) is 11.6 Å². The second-order valence-electron chi connectivity index (χ2n) is 5.99. The van der Waals surface area contributed by atoms with Gasteiger partial charge in [0.1, 0.15) is 18.5 Å². The van der Waals surface area contributed by atoms with Crippen LogP contribution in [0.4, 0.5) is 0 Å². The van der Waals surface area contributed by atoms with Gasteiger partial charge in [0.25, 0.3) is 0 Å². The van der Waals surface area contributed by atoms with Gasteiger partial charge in [-0.25, -0.2) is 0 Å². The van der Waals surface area contributed by atoms with Crippen molar-refractivity contribution in [2.75, 3.05) is 33.4 Å². The molecule has 1 atom stereocenters. The molecule has 0 spiro atoms. The molecule has 1 saturated carbocycles. The Bertz CT molecular complexity index is 479. The average molecular weight is 311 g/mol. The van der Waals surface area contributed by atoms with Gasteiger partial charge in [-0.05, 0) is 37.6 Å². The number of nitrogens with one attached hydrogen (secondary N) is 1. The minimum Gasteiger partial charge on any atom is -0.489 e. The zero-order valence-corrected chi connectivity index (χ0v) is 13.2. The summed E-state index contributed by atoms with van der Waals surface area (Å²) in [6.07, 6.45) is 2.71. The van der Waals surface area contributed by atoms with Crippen LogP contribution in [-0.4, -0.2) is 50.4 Å². The Labute approximate surface area is 131 Å². The third-order valence-corrected chi connectivity index (χ3v) is 4.23. The van der Waals surface area contributed by atoms with Gasteiger partial charge in [0.2, 0.25) is 0 Å². The van der Waals surface area contributed by atoms with Crippen molar-refractivity contribution >= 4 is 11.6 Å². The van der Waals surface area contributed by atoms with E-state index in [0.717, 1.165) is 32.0 Å². The van der Waals surface area contributed by atoms with Crippen LogP contribution in [0.2, 0.25) is 5.02 Å². The van der Waals surface area contributed by atoms with E-state index in [-0.39, 0.29) is 6.10 Å². The van der Waals surface area contributed by atoms with Gasteiger partial charge >= 0.3 is 0 Å². The van der Waals surface area contributed by atoms with Crippen molar-refractivity contribution < 1.29 is 9.47 Å². The topological polar surface area (TPSA) is 33.7 Å². The lowest BCUT2D eigenvalue weighted by Crippen LogP contribution is -2.42. The van der Waals surface area contributed by atoms with Crippen molar-refractivity contribution in [2.24, 2.45) is 0 Å². The highest BCUT2D eigenvalue weighted by molar-refractivity contribution is 6.32. The molecule has 1 unspecified atom stereocenters. The fourth-order valence-corrected chi connectivity index (χ4v) is 2.73. The SMILES string of the molecule is CN1CCOC(COc2ccc(CNC3CC3)cc2Cl)C1. The highest BCUT2D eigenvalue weighted by Gasteiger charge is 2.20. The van der Waals surface area contributed by atoms with Crippen molar-refractivity contribution in [1.29, 1.82) is 0 Å². The molecule has 1 heterocycles. The van der Waals surface area contributed by atoms with Crippen molar-refractivity contribution in [3.8, 4) is 5.75 Å². The monoisotopic (exact) mass is 310 g/mol. The third kappa shape index (κ3) is 4.58. The van der Waals surface area contributed by atoms with Crippen LogP contribution in [0.5, 0.6) is 5.75 Å². The fraction of sp³-hybridized carbons (Fsp3) is 0.625. The predicted molar refractivity (Wildman–Crippen MR) is 84.0 cm³/mol. The molecule has 0 amide bonds. The molecule has 1 aliphatic heterocycles. The van der Waals surface area contributed by atoms with E-state index in [4.69, 9.17) is 21.1 Å². The van der Waals surface area contributed by atoms with Gasteiger partial charge < -0.3 is 19.7 Å².